The molecule has 0 aliphatic rings. The summed E-state index contributed by atoms with van der Waals surface area (Å²) in [6.07, 6.45) is 5.16. The highest BCUT2D eigenvalue weighted by atomic mass is 16.6. The van der Waals surface area contributed by atoms with Crippen LogP contribution in [0.5, 0.6) is 0 Å². The SMILES string of the molecule is C=CC(=O)OCC(COC(=O)C=C)(COC(=O)C=C)COC(C)(C)C.C=CC(=O)OCC(COC(=O)C=C)COC(C)(C)C. The van der Waals surface area contributed by atoms with Gasteiger partial charge in [0.15, 0.2) is 0 Å². The van der Waals surface area contributed by atoms with Crippen molar-refractivity contribution in [2.24, 2.45) is 11.3 Å². The highest BCUT2D eigenvalue weighted by molar-refractivity contribution is 5.82. The second kappa shape index (κ2) is 21.6. The van der Waals surface area contributed by atoms with Crippen molar-refractivity contribution in [1.29, 1.82) is 0 Å². The topological polar surface area (TPSA) is 150 Å². The second-order valence-electron chi connectivity index (χ2n) is 11.3. The second-order valence-corrected chi connectivity index (χ2v) is 11.3. The Balaban J connectivity index is 0. The normalized spacial score (nSPS) is 11.1. The Morgan fingerprint density at radius 2 is 0.773 bits per heavy atom. The largest absolute Gasteiger partial charge is 0.462 e. The van der Waals surface area contributed by atoms with Crippen LogP contribution in [-0.2, 0) is 57.1 Å². The maximum absolute atomic E-state index is 11.4. The molecule has 0 heterocycles. The van der Waals surface area contributed by atoms with E-state index < -0.39 is 40.9 Å². The molecule has 12 heteroatoms. The molecule has 0 bridgehead atoms. The van der Waals surface area contributed by atoms with Gasteiger partial charge in [0.05, 0.1) is 49.0 Å². The average molecular weight is 625 g/mol. The van der Waals surface area contributed by atoms with E-state index in [1.165, 1.54) is 0 Å². The van der Waals surface area contributed by atoms with Gasteiger partial charge in [0, 0.05) is 30.4 Å². The Kier molecular flexibility index (Phi) is 20.7. The van der Waals surface area contributed by atoms with Crippen LogP contribution in [0.4, 0.5) is 0 Å². The van der Waals surface area contributed by atoms with E-state index in [2.05, 4.69) is 32.9 Å². The van der Waals surface area contributed by atoms with Gasteiger partial charge in [0.25, 0.3) is 0 Å². The summed E-state index contributed by atoms with van der Waals surface area (Å²) in [7, 11) is 0. The number of rotatable bonds is 19. The highest BCUT2D eigenvalue weighted by Gasteiger charge is 2.37. The van der Waals surface area contributed by atoms with Crippen molar-refractivity contribution in [3.63, 3.8) is 0 Å². The van der Waals surface area contributed by atoms with E-state index in [4.69, 9.17) is 33.2 Å². The summed E-state index contributed by atoms with van der Waals surface area (Å²) in [4.78, 5) is 56.3. The third-order valence-corrected chi connectivity index (χ3v) is 4.88. The number of esters is 5. The van der Waals surface area contributed by atoms with Gasteiger partial charge in [-0.1, -0.05) is 32.9 Å². The molecule has 0 unspecified atom stereocenters. The average Bonchev–Trinajstić information content (AvgIpc) is 2.98. The van der Waals surface area contributed by atoms with Gasteiger partial charge in [-0.3, -0.25) is 0 Å². The Hall–Kier alpha value is -4.03. The zero-order valence-electron chi connectivity index (χ0n) is 26.8. The van der Waals surface area contributed by atoms with Crippen molar-refractivity contribution < 1.29 is 57.1 Å². The summed E-state index contributed by atoms with van der Waals surface area (Å²) in [5.74, 6) is -3.25. The van der Waals surface area contributed by atoms with Crippen LogP contribution in [0.15, 0.2) is 63.3 Å². The number of hydrogen-bond donors (Lipinski definition) is 0. The van der Waals surface area contributed by atoms with Gasteiger partial charge >= 0.3 is 29.8 Å². The first-order chi connectivity index (χ1) is 20.4. The van der Waals surface area contributed by atoms with E-state index in [0.29, 0.717) is 6.61 Å². The van der Waals surface area contributed by atoms with Crippen molar-refractivity contribution in [3.05, 3.63) is 63.3 Å². The fraction of sp³-hybridized carbons (Fsp3) is 0.531. The molecule has 0 aromatic heterocycles. The first-order valence-corrected chi connectivity index (χ1v) is 13.6. The van der Waals surface area contributed by atoms with E-state index in [9.17, 15) is 24.0 Å². The molecule has 0 N–H and O–H groups in total. The van der Waals surface area contributed by atoms with Gasteiger partial charge < -0.3 is 33.2 Å². The van der Waals surface area contributed by atoms with Crippen molar-refractivity contribution in [2.75, 3.05) is 46.2 Å². The number of hydrogen-bond acceptors (Lipinski definition) is 12. The lowest BCUT2D eigenvalue weighted by Gasteiger charge is -2.34. The maximum Gasteiger partial charge on any atom is 0.330 e. The van der Waals surface area contributed by atoms with E-state index in [0.717, 1.165) is 30.4 Å². The molecule has 0 spiro atoms. The van der Waals surface area contributed by atoms with Gasteiger partial charge in [-0.15, -0.1) is 0 Å². The summed E-state index contributed by atoms with van der Waals surface area (Å²) >= 11 is 0. The summed E-state index contributed by atoms with van der Waals surface area (Å²) in [5.41, 5.74) is -1.93. The molecule has 0 aliphatic carbocycles. The minimum atomic E-state index is -1.09. The monoisotopic (exact) mass is 624 g/mol. The molecule has 0 aromatic rings. The Bertz CT molecular complexity index is 914. The van der Waals surface area contributed by atoms with Gasteiger partial charge in [0.1, 0.15) is 19.8 Å². The molecule has 44 heavy (non-hydrogen) atoms. The summed E-state index contributed by atoms with van der Waals surface area (Å²) in [6.45, 7) is 27.7. The first-order valence-electron chi connectivity index (χ1n) is 13.6. The predicted octanol–water partition coefficient (Wildman–Crippen LogP) is 3.85. The smallest absolute Gasteiger partial charge is 0.330 e. The van der Waals surface area contributed by atoms with E-state index in [1.807, 2.05) is 41.5 Å². The van der Waals surface area contributed by atoms with Crippen LogP contribution in [0, 0.1) is 11.3 Å². The number of carbonyl (C=O) groups excluding carboxylic acids is 5. The Labute approximate surface area is 260 Å². The molecule has 0 atom stereocenters. The highest BCUT2D eigenvalue weighted by Crippen LogP contribution is 2.24. The fourth-order valence-corrected chi connectivity index (χ4v) is 2.50. The van der Waals surface area contributed by atoms with Crippen LogP contribution in [0.2, 0.25) is 0 Å². The molecule has 0 radical (unpaired) electrons. The lowest BCUT2D eigenvalue weighted by atomic mass is 9.91. The van der Waals surface area contributed by atoms with Gasteiger partial charge in [-0.2, -0.15) is 0 Å². The number of carbonyl (C=O) groups is 5. The third-order valence-electron chi connectivity index (χ3n) is 4.88. The van der Waals surface area contributed by atoms with E-state index in [-0.39, 0.29) is 51.2 Å². The lowest BCUT2D eigenvalue weighted by Crippen LogP contribution is -2.44. The maximum atomic E-state index is 11.4. The van der Waals surface area contributed by atoms with Crippen LogP contribution < -0.4 is 0 Å². The third kappa shape index (κ3) is 23.5. The predicted molar refractivity (Wildman–Crippen MR) is 163 cm³/mol. The van der Waals surface area contributed by atoms with Crippen molar-refractivity contribution >= 4 is 29.8 Å². The van der Waals surface area contributed by atoms with Gasteiger partial charge in [-0.25, -0.2) is 24.0 Å². The molecule has 0 fully saturated rings. The Morgan fingerprint density at radius 3 is 1.05 bits per heavy atom. The zero-order chi connectivity index (χ0) is 34.4. The standard InChI is InChI=1S/C18H26O7.C14H22O5/c1-7-14(19)22-10-18(11-23-15(20)8-2,12-24-16(21)9-3)13-25-17(4,5)6;1-6-12(15)17-8-11(9-18-13(16)7-2)10-19-14(3,4)5/h7-9H,1-3,10-13H2,4-6H3;6-7,11H,1-2,8-10H2,3-5H3. The molecule has 248 valence electrons. The van der Waals surface area contributed by atoms with Crippen LogP contribution in [0.1, 0.15) is 41.5 Å². The quantitative estimate of drug-likeness (QED) is 0.117. The zero-order valence-corrected chi connectivity index (χ0v) is 26.8. The molecule has 0 amide bonds. The lowest BCUT2D eigenvalue weighted by molar-refractivity contribution is -0.166. The minimum absolute atomic E-state index is 0.00969. The van der Waals surface area contributed by atoms with E-state index in [1.54, 1.807) is 0 Å². The van der Waals surface area contributed by atoms with Crippen LogP contribution in [0.3, 0.4) is 0 Å². The van der Waals surface area contributed by atoms with E-state index >= 15 is 0 Å². The van der Waals surface area contributed by atoms with Crippen molar-refractivity contribution in [2.45, 2.75) is 52.7 Å². The van der Waals surface area contributed by atoms with Crippen molar-refractivity contribution in [1.82, 2.24) is 0 Å². The summed E-state index contributed by atoms with van der Waals surface area (Å²) < 4.78 is 36.4. The molecule has 12 nitrogen and oxygen atoms in total. The van der Waals surface area contributed by atoms with Gasteiger partial charge in [-0.05, 0) is 41.5 Å². The molecule has 0 aliphatic heterocycles. The summed E-state index contributed by atoms with van der Waals surface area (Å²) in [6, 6.07) is 0. The Morgan fingerprint density at radius 1 is 0.477 bits per heavy atom. The van der Waals surface area contributed by atoms with Gasteiger partial charge in [0.2, 0.25) is 0 Å². The number of ether oxygens (including phenoxy) is 7. The first kappa shape index (κ1) is 42.1. The summed E-state index contributed by atoms with van der Waals surface area (Å²) in [5, 5.41) is 0. The fourth-order valence-electron chi connectivity index (χ4n) is 2.50. The molecular formula is C32H48O12. The van der Waals surface area contributed by atoms with Crippen LogP contribution >= 0.6 is 0 Å². The van der Waals surface area contributed by atoms with Crippen molar-refractivity contribution in [3.8, 4) is 0 Å². The van der Waals surface area contributed by atoms with Crippen LogP contribution in [-0.4, -0.2) is 87.3 Å². The van der Waals surface area contributed by atoms with Crippen LogP contribution in [0.25, 0.3) is 0 Å². The minimum Gasteiger partial charge on any atom is -0.462 e. The molecular weight excluding hydrogens is 576 g/mol. The molecule has 0 saturated heterocycles. The molecule has 0 aromatic carbocycles. The molecule has 0 saturated carbocycles. The molecule has 0 rings (SSSR count).